The second-order valence-corrected chi connectivity index (χ2v) is 5.24. The van der Waals surface area contributed by atoms with Crippen molar-refractivity contribution in [2.75, 3.05) is 0 Å². The van der Waals surface area contributed by atoms with Gasteiger partial charge in [0.1, 0.15) is 0 Å². The predicted octanol–water partition coefficient (Wildman–Crippen LogP) is 3.99. The lowest BCUT2D eigenvalue weighted by Gasteiger charge is -2.23. The third kappa shape index (κ3) is 2.77. The highest BCUT2D eigenvalue weighted by atomic mass is 79.9. The van der Waals surface area contributed by atoms with Gasteiger partial charge in [0.15, 0.2) is 0 Å². The smallest absolute Gasteiger partial charge is 0.0176 e. The largest absolute Gasteiger partial charge is 0.0888 e. The van der Waals surface area contributed by atoms with Gasteiger partial charge in [0.2, 0.25) is 0 Å². The summed E-state index contributed by atoms with van der Waals surface area (Å²) in [5.74, 6) is 1.79. The molecule has 2 atom stereocenters. The first-order valence-electron chi connectivity index (χ1n) is 4.86. The summed E-state index contributed by atoms with van der Waals surface area (Å²) in [6.45, 7) is 4.70. The maximum Gasteiger partial charge on any atom is 0.0176 e. The first-order chi connectivity index (χ1) is 5.22. The van der Waals surface area contributed by atoms with Crippen LogP contribution in [0.1, 0.15) is 46.0 Å². The van der Waals surface area contributed by atoms with Gasteiger partial charge >= 0.3 is 0 Å². The van der Waals surface area contributed by atoms with Crippen molar-refractivity contribution in [3.05, 3.63) is 0 Å². The van der Waals surface area contributed by atoms with Crippen LogP contribution in [0.5, 0.6) is 0 Å². The molecule has 1 fully saturated rings. The summed E-state index contributed by atoms with van der Waals surface area (Å²) in [6.07, 6.45) is 7.16. The highest BCUT2D eigenvalue weighted by Gasteiger charge is 2.23. The number of rotatable bonds is 1. The van der Waals surface area contributed by atoms with Crippen LogP contribution in [-0.2, 0) is 0 Å². The lowest BCUT2D eigenvalue weighted by Crippen LogP contribution is -2.18. The number of hydrogen-bond acceptors (Lipinski definition) is 0. The Morgan fingerprint density at radius 1 is 1.09 bits per heavy atom. The zero-order chi connectivity index (χ0) is 8.27. The van der Waals surface area contributed by atoms with Gasteiger partial charge in [-0.05, 0) is 24.7 Å². The standard InChI is InChI=1S/C10H19Br/c1-8(2)9-6-4-3-5-7-10(9)11/h8-10H,3-7H2,1-2H3. The van der Waals surface area contributed by atoms with E-state index in [-0.39, 0.29) is 0 Å². The summed E-state index contributed by atoms with van der Waals surface area (Å²) >= 11 is 3.81. The summed E-state index contributed by atoms with van der Waals surface area (Å²) in [5, 5.41) is 0. The fraction of sp³-hybridized carbons (Fsp3) is 1.00. The molecule has 0 aromatic rings. The van der Waals surface area contributed by atoms with Crippen LogP contribution < -0.4 is 0 Å². The molecule has 0 bridgehead atoms. The van der Waals surface area contributed by atoms with Gasteiger partial charge in [-0.2, -0.15) is 0 Å². The van der Waals surface area contributed by atoms with E-state index in [0.717, 1.165) is 16.7 Å². The summed E-state index contributed by atoms with van der Waals surface area (Å²) < 4.78 is 0. The molecule has 0 amide bonds. The molecule has 2 unspecified atom stereocenters. The molecule has 0 nitrogen and oxygen atoms in total. The number of halogens is 1. The van der Waals surface area contributed by atoms with Crippen LogP contribution in [0.25, 0.3) is 0 Å². The van der Waals surface area contributed by atoms with Crippen LogP contribution >= 0.6 is 15.9 Å². The Balaban J connectivity index is 2.45. The first kappa shape index (κ1) is 9.57. The Labute approximate surface area is 78.9 Å². The van der Waals surface area contributed by atoms with Gasteiger partial charge in [0.25, 0.3) is 0 Å². The summed E-state index contributed by atoms with van der Waals surface area (Å²) in [4.78, 5) is 0.796. The summed E-state index contributed by atoms with van der Waals surface area (Å²) in [7, 11) is 0. The van der Waals surface area contributed by atoms with E-state index < -0.39 is 0 Å². The molecule has 0 N–H and O–H groups in total. The van der Waals surface area contributed by atoms with Crippen molar-refractivity contribution >= 4 is 15.9 Å². The zero-order valence-electron chi connectivity index (χ0n) is 7.65. The van der Waals surface area contributed by atoms with Gasteiger partial charge in [-0.15, -0.1) is 0 Å². The molecule has 0 heterocycles. The van der Waals surface area contributed by atoms with Crippen LogP contribution in [0.15, 0.2) is 0 Å². The normalized spacial score (nSPS) is 33.8. The third-order valence-corrected chi connectivity index (χ3v) is 3.98. The molecular weight excluding hydrogens is 200 g/mol. The zero-order valence-corrected chi connectivity index (χ0v) is 9.23. The topological polar surface area (TPSA) is 0 Å². The summed E-state index contributed by atoms with van der Waals surface area (Å²) in [6, 6.07) is 0. The van der Waals surface area contributed by atoms with Crippen LogP contribution in [0.3, 0.4) is 0 Å². The molecule has 66 valence electrons. The third-order valence-electron chi connectivity index (χ3n) is 2.84. The molecule has 11 heavy (non-hydrogen) atoms. The molecule has 1 aliphatic rings. The fourth-order valence-electron chi connectivity index (χ4n) is 2.04. The second kappa shape index (κ2) is 4.49. The minimum absolute atomic E-state index is 0.796. The van der Waals surface area contributed by atoms with E-state index in [4.69, 9.17) is 0 Å². The molecule has 0 saturated heterocycles. The van der Waals surface area contributed by atoms with Crippen LogP contribution in [0, 0.1) is 11.8 Å². The first-order valence-corrected chi connectivity index (χ1v) is 5.77. The van der Waals surface area contributed by atoms with Gasteiger partial charge in [-0.1, -0.05) is 49.0 Å². The van der Waals surface area contributed by atoms with E-state index >= 15 is 0 Å². The monoisotopic (exact) mass is 218 g/mol. The number of alkyl halides is 1. The van der Waals surface area contributed by atoms with E-state index in [1.807, 2.05) is 0 Å². The van der Waals surface area contributed by atoms with Gasteiger partial charge in [-0.25, -0.2) is 0 Å². The summed E-state index contributed by atoms with van der Waals surface area (Å²) in [5.41, 5.74) is 0. The molecule has 1 saturated carbocycles. The Morgan fingerprint density at radius 2 is 1.73 bits per heavy atom. The lowest BCUT2D eigenvalue weighted by molar-refractivity contribution is 0.355. The molecule has 0 aliphatic heterocycles. The van der Waals surface area contributed by atoms with Crippen molar-refractivity contribution in [1.82, 2.24) is 0 Å². The highest BCUT2D eigenvalue weighted by Crippen LogP contribution is 2.33. The van der Waals surface area contributed by atoms with Crippen molar-refractivity contribution in [2.45, 2.75) is 50.8 Å². The van der Waals surface area contributed by atoms with Gasteiger partial charge in [-0.3, -0.25) is 0 Å². The van der Waals surface area contributed by atoms with Crippen LogP contribution in [-0.4, -0.2) is 4.83 Å². The molecule has 0 radical (unpaired) electrons. The molecular formula is C10H19Br. The maximum absolute atomic E-state index is 3.81. The maximum atomic E-state index is 3.81. The second-order valence-electron chi connectivity index (χ2n) is 4.06. The molecule has 0 spiro atoms. The number of hydrogen-bond donors (Lipinski definition) is 0. The van der Waals surface area contributed by atoms with Gasteiger partial charge in [0, 0.05) is 4.83 Å². The van der Waals surface area contributed by atoms with Crippen molar-refractivity contribution in [1.29, 1.82) is 0 Å². The van der Waals surface area contributed by atoms with Gasteiger partial charge < -0.3 is 0 Å². The molecule has 0 aromatic heterocycles. The lowest BCUT2D eigenvalue weighted by atomic mass is 9.89. The molecule has 0 aromatic carbocycles. The predicted molar refractivity (Wildman–Crippen MR) is 54.1 cm³/mol. The average Bonchev–Trinajstić information content (AvgIpc) is 2.13. The van der Waals surface area contributed by atoms with E-state index in [9.17, 15) is 0 Å². The Hall–Kier alpha value is 0.480. The Bertz CT molecular complexity index is 109. The minimum Gasteiger partial charge on any atom is -0.0888 e. The molecule has 1 heteroatoms. The minimum atomic E-state index is 0.796. The Morgan fingerprint density at radius 3 is 2.36 bits per heavy atom. The SMILES string of the molecule is CC(C)C1CCCCCC1Br. The van der Waals surface area contributed by atoms with Crippen molar-refractivity contribution in [3.63, 3.8) is 0 Å². The van der Waals surface area contributed by atoms with E-state index in [0.29, 0.717) is 0 Å². The average molecular weight is 219 g/mol. The fourth-order valence-corrected chi connectivity index (χ4v) is 3.24. The quantitative estimate of drug-likeness (QED) is 0.462. The van der Waals surface area contributed by atoms with E-state index in [1.165, 1.54) is 32.1 Å². The molecule has 1 aliphatic carbocycles. The van der Waals surface area contributed by atoms with E-state index in [2.05, 4.69) is 29.8 Å². The van der Waals surface area contributed by atoms with Crippen molar-refractivity contribution in [2.24, 2.45) is 11.8 Å². The van der Waals surface area contributed by atoms with Crippen LogP contribution in [0.4, 0.5) is 0 Å². The van der Waals surface area contributed by atoms with E-state index in [1.54, 1.807) is 0 Å². The van der Waals surface area contributed by atoms with Crippen LogP contribution in [0.2, 0.25) is 0 Å². The molecule has 1 rings (SSSR count). The Kier molecular flexibility index (Phi) is 3.91. The van der Waals surface area contributed by atoms with Gasteiger partial charge in [0.05, 0.1) is 0 Å². The van der Waals surface area contributed by atoms with Crippen molar-refractivity contribution < 1.29 is 0 Å². The van der Waals surface area contributed by atoms with Crippen molar-refractivity contribution in [3.8, 4) is 0 Å². The highest BCUT2D eigenvalue weighted by molar-refractivity contribution is 9.09.